The van der Waals surface area contributed by atoms with E-state index < -0.39 is 0 Å². The van der Waals surface area contributed by atoms with Crippen molar-refractivity contribution in [1.82, 2.24) is 19.5 Å². The van der Waals surface area contributed by atoms with Gasteiger partial charge in [0.1, 0.15) is 17.6 Å². The Labute approximate surface area is 114 Å². The van der Waals surface area contributed by atoms with Gasteiger partial charge in [0.15, 0.2) is 10.4 Å². The third-order valence-corrected chi connectivity index (χ3v) is 3.20. The predicted octanol–water partition coefficient (Wildman–Crippen LogP) is 2.33. The molecule has 0 saturated carbocycles. The van der Waals surface area contributed by atoms with Crippen molar-refractivity contribution in [1.29, 1.82) is 0 Å². The molecule has 0 atom stereocenters. The molecule has 1 N–H and O–H groups in total. The van der Waals surface area contributed by atoms with Crippen molar-refractivity contribution < 1.29 is 9.15 Å². The zero-order valence-corrected chi connectivity index (χ0v) is 11.1. The second-order valence-corrected chi connectivity index (χ2v) is 4.38. The first-order valence-corrected chi connectivity index (χ1v) is 6.20. The number of rotatable bonds is 4. The first kappa shape index (κ1) is 11.9. The molecule has 0 unspecified atom stereocenters. The van der Waals surface area contributed by atoms with Crippen LogP contribution in [0.5, 0.6) is 5.88 Å². The molecule has 0 spiro atoms. The van der Waals surface area contributed by atoms with Gasteiger partial charge in [0.05, 0.1) is 13.4 Å². The van der Waals surface area contributed by atoms with E-state index >= 15 is 0 Å². The maximum atomic E-state index is 5.31. The van der Waals surface area contributed by atoms with Crippen molar-refractivity contribution in [2.24, 2.45) is 0 Å². The number of fused-ring (bicyclic) bond motifs is 1. The van der Waals surface area contributed by atoms with Gasteiger partial charge in [-0.25, -0.2) is 4.98 Å². The van der Waals surface area contributed by atoms with Gasteiger partial charge in [-0.1, -0.05) is 0 Å². The maximum absolute atomic E-state index is 5.31. The first-order chi connectivity index (χ1) is 9.29. The fraction of sp³-hybridized carbons (Fsp3) is 0.250. The average Bonchev–Trinajstić information content (AvgIpc) is 3.03. The number of ether oxygens (including phenoxy) is 1. The summed E-state index contributed by atoms with van der Waals surface area (Å²) >= 11 is 5.31. The minimum Gasteiger partial charge on any atom is -0.479 e. The van der Waals surface area contributed by atoms with Gasteiger partial charge in [-0.05, 0) is 24.4 Å². The summed E-state index contributed by atoms with van der Waals surface area (Å²) in [7, 11) is 1.57. The lowest BCUT2D eigenvalue weighted by Gasteiger charge is -2.02. The minimum atomic E-state index is 0.493. The van der Waals surface area contributed by atoms with Crippen LogP contribution < -0.4 is 4.74 Å². The molecule has 98 valence electrons. The van der Waals surface area contributed by atoms with Crippen LogP contribution in [0.2, 0.25) is 0 Å². The summed E-state index contributed by atoms with van der Waals surface area (Å²) < 4.78 is 13.0. The highest BCUT2D eigenvalue weighted by Crippen LogP contribution is 2.20. The van der Waals surface area contributed by atoms with E-state index in [0.717, 1.165) is 23.3 Å². The Morgan fingerprint density at radius 2 is 2.37 bits per heavy atom. The Kier molecular flexibility index (Phi) is 3.04. The highest BCUT2D eigenvalue weighted by atomic mass is 32.1. The predicted molar refractivity (Wildman–Crippen MR) is 71.7 cm³/mol. The Balaban J connectivity index is 1.99. The van der Waals surface area contributed by atoms with Crippen molar-refractivity contribution in [2.45, 2.75) is 13.0 Å². The molecule has 0 saturated heterocycles. The SMILES string of the molecule is COc1ncnc2c1[nH]c(=S)n2CCc1ccco1. The van der Waals surface area contributed by atoms with Crippen LogP contribution in [0, 0.1) is 4.77 Å². The number of hydrogen-bond acceptors (Lipinski definition) is 5. The van der Waals surface area contributed by atoms with Crippen LogP contribution in [0.1, 0.15) is 5.76 Å². The quantitative estimate of drug-likeness (QED) is 0.741. The molecule has 3 heterocycles. The molecule has 19 heavy (non-hydrogen) atoms. The van der Waals surface area contributed by atoms with E-state index in [1.165, 1.54) is 6.33 Å². The number of hydrogen-bond donors (Lipinski definition) is 1. The van der Waals surface area contributed by atoms with Crippen LogP contribution in [0.4, 0.5) is 0 Å². The lowest BCUT2D eigenvalue weighted by atomic mass is 10.3. The second kappa shape index (κ2) is 4.85. The zero-order valence-electron chi connectivity index (χ0n) is 10.3. The smallest absolute Gasteiger partial charge is 0.242 e. The summed E-state index contributed by atoms with van der Waals surface area (Å²) in [6.07, 6.45) is 3.88. The zero-order chi connectivity index (χ0) is 13.2. The monoisotopic (exact) mass is 276 g/mol. The number of aryl methyl sites for hydroxylation is 2. The normalized spacial score (nSPS) is 11.0. The summed E-state index contributed by atoms with van der Waals surface area (Å²) in [6, 6.07) is 3.81. The maximum Gasteiger partial charge on any atom is 0.242 e. The largest absolute Gasteiger partial charge is 0.479 e. The fourth-order valence-corrected chi connectivity index (χ4v) is 2.26. The number of furan rings is 1. The van der Waals surface area contributed by atoms with Crippen LogP contribution in [-0.2, 0) is 13.0 Å². The van der Waals surface area contributed by atoms with Crippen LogP contribution in [0.25, 0.3) is 11.2 Å². The Bertz CT molecular complexity index is 745. The van der Waals surface area contributed by atoms with Gasteiger partial charge in [0, 0.05) is 13.0 Å². The summed E-state index contributed by atoms with van der Waals surface area (Å²) in [4.78, 5) is 11.4. The molecule has 0 radical (unpaired) electrons. The molecule has 3 aromatic rings. The van der Waals surface area contributed by atoms with E-state index in [4.69, 9.17) is 21.4 Å². The molecular weight excluding hydrogens is 264 g/mol. The molecule has 6 nitrogen and oxygen atoms in total. The Morgan fingerprint density at radius 3 is 3.11 bits per heavy atom. The first-order valence-electron chi connectivity index (χ1n) is 5.79. The molecule has 0 aliphatic heterocycles. The van der Waals surface area contributed by atoms with Crippen LogP contribution in [0.15, 0.2) is 29.1 Å². The van der Waals surface area contributed by atoms with E-state index in [0.29, 0.717) is 17.2 Å². The lowest BCUT2D eigenvalue weighted by molar-refractivity contribution is 0.401. The average molecular weight is 276 g/mol. The molecule has 0 amide bonds. The fourth-order valence-electron chi connectivity index (χ4n) is 1.98. The minimum absolute atomic E-state index is 0.493. The molecule has 7 heteroatoms. The molecule has 0 aromatic carbocycles. The van der Waals surface area contributed by atoms with Gasteiger partial charge in [-0.15, -0.1) is 0 Å². The number of aromatic amines is 1. The van der Waals surface area contributed by atoms with Crippen molar-refractivity contribution in [3.8, 4) is 5.88 Å². The third-order valence-electron chi connectivity index (χ3n) is 2.88. The molecular formula is C12H12N4O2S. The highest BCUT2D eigenvalue weighted by molar-refractivity contribution is 7.71. The molecule has 0 aliphatic carbocycles. The highest BCUT2D eigenvalue weighted by Gasteiger charge is 2.11. The molecule has 0 bridgehead atoms. The summed E-state index contributed by atoms with van der Waals surface area (Å²) in [5.41, 5.74) is 1.46. The number of H-pyrrole nitrogens is 1. The number of aromatic nitrogens is 4. The standard InChI is InChI=1S/C12H12N4O2S/c1-17-11-9-10(13-7-14-11)16(12(19)15-9)5-4-8-3-2-6-18-8/h2-3,6-7H,4-5H2,1H3,(H,15,19). The number of methoxy groups -OCH3 is 1. The topological polar surface area (TPSA) is 68.9 Å². The van der Waals surface area contributed by atoms with Crippen molar-refractivity contribution in [3.63, 3.8) is 0 Å². The Hall–Kier alpha value is -2.15. The van der Waals surface area contributed by atoms with Gasteiger partial charge >= 0.3 is 0 Å². The number of nitrogens with one attached hydrogen (secondary N) is 1. The second-order valence-electron chi connectivity index (χ2n) is 3.99. The van der Waals surface area contributed by atoms with E-state index in [-0.39, 0.29) is 0 Å². The van der Waals surface area contributed by atoms with E-state index in [9.17, 15) is 0 Å². The van der Waals surface area contributed by atoms with Crippen LogP contribution >= 0.6 is 12.2 Å². The summed E-state index contributed by atoms with van der Waals surface area (Å²) in [6.45, 7) is 0.687. The van der Waals surface area contributed by atoms with Gasteiger partial charge in [-0.2, -0.15) is 4.98 Å². The molecule has 3 rings (SSSR count). The van der Waals surface area contributed by atoms with Crippen molar-refractivity contribution >= 4 is 23.4 Å². The van der Waals surface area contributed by atoms with E-state index in [1.54, 1.807) is 13.4 Å². The molecule has 0 aliphatic rings. The third kappa shape index (κ3) is 2.12. The van der Waals surface area contributed by atoms with Gasteiger partial charge in [-0.3, -0.25) is 0 Å². The Morgan fingerprint density at radius 1 is 1.47 bits per heavy atom. The van der Waals surface area contributed by atoms with Crippen LogP contribution in [-0.4, -0.2) is 26.6 Å². The van der Waals surface area contributed by atoms with E-state index in [1.807, 2.05) is 16.7 Å². The van der Waals surface area contributed by atoms with Crippen molar-refractivity contribution in [3.05, 3.63) is 35.3 Å². The van der Waals surface area contributed by atoms with Gasteiger partial charge < -0.3 is 18.7 Å². The summed E-state index contributed by atoms with van der Waals surface area (Å²) in [5.74, 6) is 1.41. The molecule has 0 fully saturated rings. The van der Waals surface area contributed by atoms with Crippen molar-refractivity contribution in [2.75, 3.05) is 7.11 Å². The number of imidazole rings is 1. The van der Waals surface area contributed by atoms with E-state index in [2.05, 4.69) is 15.0 Å². The van der Waals surface area contributed by atoms with Gasteiger partial charge in [0.2, 0.25) is 5.88 Å². The van der Waals surface area contributed by atoms with Gasteiger partial charge in [0.25, 0.3) is 0 Å². The van der Waals surface area contributed by atoms with Crippen LogP contribution in [0.3, 0.4) is 0 Å². The number of nitrogens with zero attached hydrogens (tertiary/aromatic N) is 3. The molecule has 3 aromatic heterocycles. The lowest BCUT2D eigenvalue weighted by Crippen LogP contribution is -2.02. The summed E-state index contributed by atoms with van der Waals surface area (Å²) in [5, 5.41) is 0.